The minimum Gasteiger partial charge on any atom is -0.398 e. The molecule has 0 unspecified atom stereocenters. The maximum Gasteiger partial charge on any atom is 0.0460 e. The third kappa shape index (κ3) is 3.14. The highest BCUT2D eigenvalue weighted by atomic mass is 79.9. The van der Waals surface area contributed by atoms with Gasteiger partial charge in [-0.2, -0.15) is 0 Å². The highest BCUT2D eigenvalue weighted by molar-refractivity contribution is 9.10. The third-order valence-corrected chi connectivity index (χ3v) is 3.91. The highest BCUT2D eigenvalue weighted by Crippen LogP contribution is 2.26. The van der Waals surface area contributed by atoms with Crippen LogP contribution in [0.25, 0.3) is 0 Å². The Morgan fingerprint density at radius 3 is 2.44 bits per heavy atom. The van der Waals surface area contributed by atoms with E-state index in [1.165, 1.54) is 44.2 Å². The van der Waals surface area contributed by atoms with Gasteiger partial charge in [-0.1, -0.05) is 25.7 Å². The molecule has 88 valence electrons. The topological polar surface area (TPSA) is 38.0 Å². The average molecular weight is 283 g/mol. The summed E-state index contributed by atoms with van der Waals surface area (Å²) in [7, 11) is 0. The quantitative estimate of drug-likeness (QED) is 0.631. The van der Waals surface area contributed by atoms with Crippen LogP contribution in [0.15, 0.2) is 22.7 Å². The van der Waals surface area contributed by atoms with Gasteiger partial charge in [-0.15, -0.1) is 0 Å². The standard InChI is InChI=1S/C13H19BrN2/c14-12-9-11(7-8-13(12)15)16-10-5-3-1-2-4-6-10/h7-10,16H,1-6,15H2. The van der Waals surface area contributed by atoms with Crippen LogP contribution in [0.4, 0.5) is 11.4 Å². The fraction of sp³-hybridized carbons (Fsp3) is 0.538. The second-order valence-electron chi connectivity index (χ2n) is 4.57. The Hall–Kier alpha value is -0.700. The molecule has 2 rings (SSSR count). The van der Waals surface area contributed by atoms with E-state index in [0.717, 1.165) is 10.2 Å². The number of halogens is 1. The van der Waals surface area contributed by atoms with E-state index in [1.807, 2.05) is 6.07 Å². The zero-order valence-corrected chi connectivity index (χ0v) is 11.1. The van der Waals surface area contributed by atoms with Gasteiger partial charge in [-0.05, 0) is 47.0 Å². The van der Waals surface area contributed by atoms with Gasteiger partial charge in [0.25, 0.3) is 0 Å². The zero-order chi connectivity index (χ0) is 11.4. The van der Waals surface area contributed by atoms with Crippen molar-refractivity contribution in [3.8, 4) is 0 Å². The molecule has 0 saturated heterocycles. The molecule has 0 radical (unpaired) electrons. The summed E-state index contributed by atoms with van der Waals surface area (Å²) in [6.45, 7) is 0. The minimum absolute atomic E-state index is 0.637. The Morgan fingerprint density at radius 1 is 1.12 bits per heavy atom. The number of anilines is 2. The number of nitrogen functional groups attached to an aromatic ring is 1. The maximum atomic E-state index is 5.77. The van der Waals surface area contributed by atoms with E-state index in [2.05, 4.69) is 33.4 Å². The van der Waals surface area contributed by atoms with Crippen LogP contribution < -0.4 is 11.1 Å². The van der Waals surface area contributed by atoms with Crippen LogP contribution in [-0.4, -0.2) is 6.04 Å². The van der Waals surface area contributed by atoms with Crippen LogP contribution in [-0.2, 0) is 0 Å². The summed E-state index contributed by atoms with van der Waals surface area (Å²) in [5.41, 5.74) is 7.74. The molecule has 0 amide bonds. The van der Waals surface area contributed by atoms with Crippen LogP contribution in [0, 0.1) is 0 Å². The predicted octanol–water partition coefficient (Wildman–Crippen LogP) is 4.17. The van der Waals surface area contributed by atoms with Crippen LogP contribution in [0.3, 0.4) is 0 Å². The summed E-state index contributed by atoms with van der Waals surface area (Å²) < 4.78 is 0.978. The van der Waals surface area contributed by atoms with E-state index in [-0.39, 0.29) is 0 Å². The number of nitrogens with two attached hydrogens (primary N) is 1. The fourth-order valence-corrected chi connectivity index (χ4v) is 2.66. The number of rotatable bonds is 2. The Bertz CT molecular complexity index is 344. The van der Waals surface area contributed by atoms with Crippen LogP contribution >= 0.6 is 15.9 Å². The first-order valence-electron chi connectivity index (χ1n) is 6.07. The second kappa shape index (κ2) is 5.58. The first-order chi connectivity index (χ1) is 7.75. The minimum atomic E-state index is 0.637. The van der Waals surface area contributed by atoms with Crippen molar-refractivity contribution in [2.75, 3.05) is 11.1 Å². The molecule has 1 saturated carbocycles. The lowest BCUT2D eigenvalue weighted by atomic mass is 10.1. The molecule has 2 nitrogen and oxygen atoms in total. The summed E-state index contributed by atoms with van der Waals surface area (Å²) in [4.78, 5) is 0. The van der Waals surface area contributed by atoms with Crippen molar-refractivity contribution < 1.29 is 0 Å². The van der Waals surface area contributed by atoms with Crippen molar-refractivity contribution in [3.63, 3.8) is 0 Å². The summed E-state index contributed by atoms with van der Waals surface area (Å²) in [5.74, 6) is 0. The van der Waals surface area contributed by atoms with Gasteiger partial charge in [0.2, 0.25) is 0 Å². The number of hydrogen-bond donors (Lipinski definition) is 2. The molecule has 1 aliphatic carbocycles. The number of hydrogen-bond acceptors (Lipinski definition) is 2. The lowest BCUT2D eigenvalue weighted by Gasteiger charge is -2.18. The summed E-state index contributed by atoms with van der Waals surface area (Å²) in [5, 5.41) is 3.60. The van der Waals surface area contributed by atoms with Crippen LogP contribution in [0.2, 0.25) is 0 Å². The molecule has 1 fully saturated rings. The Morgan fingerprint density at radius 2 is 1.81 bits per heavy atom. The molecule has 3 heteroatoms. The Balaban J connectivity index is 1.99. The van der Waals surface area contributed by atoms with E-state index in [9.17, 15) is 0 Å². The summed E-state index contributed by atoms with van der Waals surface area (Å²) >= 11 is 3.46. The van der Waals surface area contributed by atoms with Gasteiger partial charge in [-0.25, -0.2) is 0 Å². The lowest BCUT2D eigenvalue weighted by molar-refractivity contribution is 0.620. The third-order valence-electron chi connectivity index (χ3n) is 3.23. The maximum absolute atomic E-state index is 5.77. The molecule has 3 N–H and O–H groups in total. The normalized spacial score (nSPS) is 18.1. The van der Waals surface area contributed by atoms with E-state index >= 15 is 0 Å². The molecule has 1 aromatic rings. The average Bonchev–Trinajstić information content (AvgIpc) is 2.52. The molecule has 1 aliphatic rings. The SMILES string of the molecule is Nc1ccc(NC2CCCCCC2)cc1Br. The van der Waals surface area contributed by atoms with Crippen molar-refractivity contribution in [1.29, 1.82) is 0 Å². The van der Waals surface area contributed by atoms with Gasteiger partial charge in [0, 0.05) is 21.9 Å². The van der Waals surface area contributed by atoms with E-state index in [0.29, 0.717) is 6.04 Å². The molecular formula is C13H19BrN2. The smallest absolute Gasteiger partial charge is 0.0460 e. The lowest BCUT2D eigenvalue weighted by Crippen LogP contribution is -2.18. The molecule has 16 heavy (non-hydrogen) atoms. The van der Waals surface area contributed by atoms with Gasteiger partial charge in [0.05, 0.1) is 0 Å². The van der Waals surface area contributed by atoms with Crippen molar-refractivity contribution in [3.05, 3.63) is 22.7 Å². The summed E-state index contributed by atoms with van der Waals surface area (Å²) in [6.07, 6.45) is 8.08. The molecule has 0 spiro atoms. The number of nitrogens with one attached hydrogen (secondary N) is 1. The van der Waals surface area contributed by atoms with Gasteiger partial charge in [0.15, 0.2) is 0 Å². The second-order valence-corrected chi connectivity index (χ2v) is 5.42. The first kappa shape index (κ1) is 11.8. The highest BCUT2D eigenvalue weighted by Gasteiger charge is 2.11. The molecular weight excluding hydrogens is 264 g/mol. The Kier molecular flexibility index (Phi) is 4.10. The van der Waals surface area contributed by atoms with Crippen molar-refractivity contribution in [2.45, 2.75) is 44.6 Å². The van der Waals surface area contributed by atoms with Gasteiger partial charge in [0.1, 0.15) is 0 Å². The van der Waals surface area contributed by atoms with Crippen molar-refractivity contribution in [2.24, 2.45) is 0 Å². The van der Waals surface area contributed by atoms with Gasteiger partial charge >= 0.3 is 0 Å². The molecule has 0 heterocycles. The van der Waals surface area contributed by atoms with Crippen LogP contribution in [0.1, 0.15) is 38.5 Å². The molecule has 0 aliphatic heterocycles. The zero-order valence-electron chi connectivity index (χ0n) is 9.51. The predicted molar refractivity (Wildman–Crippen MR) is 73.7 cm³/mol. The van der Waals surface area contributed by atoms with E-state index in [1.54, 1.807) is 0 Å². The van der Waals surface area contributed by atoms with Crippen LogP contribution in [0.5, 0.6) is 0 Å². The van der Waals surface area contributed by atoms with Gasteiger partial charge in [-0.3, -0.25) is 0 Å². The molecule has 0 atom stereocenters. The monoisotopic (exact) mass is 282 g/mol. The van der Waals surface area contributed by atoms with Crippen molar-refractivity contribution in [1.82, 2.24) is 0 Å². The van der Waals surface area contributed by atoms with Gasteiger partial charge < -0.3 is 11.1 Å². The Labute approximate surface area is 106 Å². The first-order valence-corrected chi connectivity index (χ1v) is 6.86. The number of benzene rings is 1. The fourth-order valence-electron chi connectivity index (χ4n) is 2.28. The molecule has 1 aromatic carbocycles. The van der Waals surface area contributed by atoms with E-state index in [4.69, 9.17) is 5.73 Å². The summed E-state index contributed by atoms with van der Waals surface area (Å²) in [6, 6.07) is 6.71. The largest absolute Gasteiger partial charge is 0.398 e. The van der Waals surface area contributed by atoms with E-state index < -0.39 is 0 Å². The van der Waals surface area contributed by atoms with Crippen molar-refractivity contribution >= 4 is 27.3 Å². The molecule has 0 aromatic heterocycles. The molecule has 0 bridgehead atoms.